The molecule has 0 aliphatic carbocycles. The Bertz CT molecular complexity index is 1230. The molecule has 0 aliphatic rings. The van der Waals surface area contributed by atoms with Gasteiger partial charge in [-0.05, 0) is 47.5 Å². The first-order valence-electron chi connectivity index (χ1n) is 8.37. The van der Waals surface area contributed by atoms with Gasteiger partial charge >= 0.3 is 5.63 Å². The van der Waals surface area contributed by atoms with E-state index in [4.69, 9.17) is 32.4 Å². The fourth-order valence-corrected chi connectivity index (χ4v) is 3.71. The van der Waals surface area contributed by atoms with Crippen molar-refractivity contribution in [2.24, 2.45) is 0 Å². The molecule has 28 heavy (non-hydrogen) atoms. The summed E-state index contributed by atoms with van der Waals surface area (Å²) in [4.78, 5) is 12.9. The molecule has 0 spiro atoms. The Hall–Kier alpha value is -2.95. The number of ether oxygens (including phenoxy) is 1. The van der Waals surface area contributed by atoms with E-state index in [1.165, 1.54) is 6.07 Å². The number of benzene rings is 3. The fraction of sp³-hybridized carbons (Fsp3) is 0.0455. The number of phenols is 1. The lowest BCUT2D eigenvalue weighted by Gasteiger charge is -2.14. The molecule has 0 saturated carbocycles. The van der Waals surface area contributed by atoms with Crippen LogP contribution in [0.5, 0.6) is 11.5 Å². The molecule has 0 radical (unpaired) electrons. The summed E-state index contributed by atoms with van der Waals surface area (Å²) in [6.07, 6.45) is 0. The van der Waals surface area contributed by atoms with Crippen LogP contribution in [0.2, 0.25) is 10.0 Å². The largest absolute Gasteiger partial charge is 0.508 e. The molecule has 0 bridgehead atoms. The first-order chi connectivity index (χ1) is 13.5. The highest BCUT2D eigenvalue weighted by Gasteiger charge is 2.20. The first kappa shape index (κ1) is 18.4. The van der Waals surface area contributed by atoms with E-state index in [0.29, 0.717) is 32.8 Å². The van der Waals surface area contributed by atoms with Crippen molar-refractivity contribution in [2.45, 2.75) is 0 Å². The molecule has 4 nitrogen and oxygen atoms in total. The predicted octanol–water partition coefficient (Wildman–Crippen LogP) is 6.15. The molecular formula is C22H14Cl2O4. The van der Waals surface area contributed by atoms with E-state index >= 15 is 0 Å². The van der Waals surface area contributed by atoms with E-state index in [9.17, 15) is 9.90 Å². The summed E-state index contributed by atoms with van der Waals surface area (Å²) in [6, 6.07) is 16.9. The number of methoxy groups -OCH3 is 1. The quantitative estimate of drug-likeness (QED) is 0.410. The lowest BCUT2D eigenvalue weighted by atomic mass is 9.93. The van der Waals surface area contributed by atoms with Crippen LogP contribution in [-0.2, 0) is 0 Å². The van der Waals surface area contributed by atoms with Gasteiger partial charge in [-0.15, -0.1) is 0 Å². The number of hydrogen-bond acceptors (Lipinski definition) is 4. The highest BCUT2D eigenvalue weighted by Crippen LogP contribution is 2.40. The Kier molecular flexibility index (Phi) is 4.75. The van der Waals surface area contributed by atoms with E-state index in [-0.39, 0.29) is 16.4 Å². The number of phenolic OH excluding ortho intramolecular Hbond substituents is 1. The number of fused-ring (bicyclic) bond motifs is 1. The minimum atomic E-state index is -0.523. The van der Waals surface area contributed by atoms with Crippen molar-refractivity contribution < 1.29 is 14.3 Å². The van der Waals surface area contributed by atoms with Gasteiger partial charge in [0, 0.05) is 16.0 Å². The van der Waals surface area contributed by atoms with Crippen molar-refractivity contribution in [3.63, 3.8) is 0 Å². The zero-order valence-corrected chi connectivity index (χ0v) is 16.2. The van der Waals surface area contributed by atoms with Gasteiger partial charge in [0.2, 0.25) is 0 Å². The van der Waals surface area contributed by atoms with Crippen LogP contribution >= 0.6 is 23.2 Å². The Labute approximate surface area is 170 Å². The minimum Gasteiger partial charge on any atom is -0.508 e. The van der Waals surface area contributed by atoms with Gasteiger partial charge in [0.1, 0.15) is 11.5 Å². The highest BCUT2D eigenvalue weighted by molar-refractivity contribution is 6.38. The van der Waals surface area contributed by atoms with E-state index in [0.717, 1.165) is 5.56 Å². The van der Waals surface area contributed by atoms with E-state index < -0.39 is 5.63 Å². The van der Waals surface area contributed by atoms with Crippen LogP contribution in [-0.4, -0.2) is 12.2 Å². The molecule has 0 unspecified atom stereocenters. The Morgan fingerprint density at radius 1 is 0.893 bits per heavy atom. The molecule has 0 aliphatic heterocycles. The van der Waals surface area contributed by atoms with Crippen LogP contribution in [0.25, 0.3) is 33.2 Å². The lowest BCUT2D eigenvalue weighted by Crippen LogP contribution is -2.06. The molecule has 3 aromatic carbocycles. The molecule has 4 rings (SSSR count). The van der Waals surface area contributed by atoms with Crippen molar-refractivity contribution >= 4 is 34.2 Å². The summed E-state index contributed by atoms with van der Waals surface area (Å²) in [5, 5.41) is 10.9. The van der Waals surface area contributed by atoms with Crippen LogP contribution in [0.4, 0.5) is 0 Å². The van der Waals surface area contributed by atoms with Crippen LogP contribution in [0, 0.1) is 0 Å². The van der Waals surface area contributed by atoms with Gasteiger partial charge in [0.15, 0.2) is 5.58 Å². The summed E-state index contributed by atoms with van der Waals surface area (Å²) >= 11 is 12.5. The third-order valence-electron chi connectivity index (χ3n) is 4.46. The first-order valence-corrected chi connectivity index (χ1v) is 9.13. The summed E-state index contributed by atoms with van der Waals surface area (Å²) in [5.41, 5.74) is 2.12. The van der Waals surface area contributed by atoms with Crippen molar-refractivity contribution in [3.8, 4) is 33.8 Å². The molecule has 0 saturated heterocycles. The minimum absolute atomic E-state index is 0.123. The summed E-state index contributed by atoms with van der Waals surface area (Å²) in [6.45, 7) is 0. The van der Waals surface area contributed by atoms with Crippen molar-refractivity contribution in [1.29, 1.82) is 0 Å². The van der Waals surface area contributed by atoms with Crippen LogP contribution < -0.4 is 10.4 Å². The zero-order chi connectivity index (χ0) is 19.8. The molecular weight excluding hydrogens is 399 g/mol. The van der Waals surface area contributed by atoms with Gasteiger partial charge in [-0.1, -0.05) is 47.5 Å². The van der Waals surface area contributed by atoms with Crippen molar-refractivity contribution in [2.75, 3.05) is 7.11 Å². The maximum absolute atomic E-state index is 12.9. The number of aromatic hydroxyl groups is 1. The Balaban J connectivity index is 2.13. The van der Waals surface area contributed by atoms with E-state index in [2.05, 4.69) is 0 Å². The van der Waals surface area contributed by atoms with Crippen molar-refractivity contribution in [1.82, 2.24) is 0 Å². The van der Waals surface area contributed by atoms with Gasteiger partial charge in [-0.2, -0.15) is 0 Å². The molecule has 0 fully saturated rings. The average molecular weight is 413 g/mol. The predicted molar refractivity (Wildman–Crippen MR) is 112 cm³/mol. The number of hydrogen-bond donors (Lipinski definition) is 1. The maximum atomic E-state index is 12.9. The normalized spacial score (nSPS) is 11.0. The molecule has 1 aromatic heterocycles. The van der Waals surface area contributed by atoms with Gasteiger partial charge in [-0.25, -0.2) is 4.79 Å². The molecule has 1 heterocycles. The Morgan fingerprint density at radius 3 is 2.14 bits per heavy atom. The fourth-order valence-electron chi connectivity index (χ4n) is 3.18. The third-order valence-corrected chi connectivity index (χ3v) is 4.96. The topological polar surface area (TPSA) is 59.7 Å². The summed E-state index contributed by atoms with van der Waals surface area (Å²) in [5.74, 6) is 0.796. The average Bonchev–Trinajstić information content (AvgIpc) is 2.69. The van der Waals surface area contributed by atoms with Gasteiger partial charge < -0.3 is 14.3 Å². The second kappa shape index (κ2) is 7.23. The van der Waals surface area contributed by atoms with Gasteiger partial charge in [-0.3, -0.25) is 0 Å². The van der Waals surface area contributed by atoms with E-state index in [1.807, 2.05) is 0 Å². The number of rotatable bonds is 3. The molecule has 0 amide bonds. The smallest absolute Gasteiger partial charge is 0.344 e. The van der Waals surface area contributed by atoms with Crippen LogP contribution in [0.3, 0.4) is 0 Å². The summed E-state index contributed by atoms with van der Waals surface area (Å²) in [7, 11) is 1.57. The van der Waals surface area contributed by atoms with Crippen LogP contribution in [0.15, 0.2) is 69.9 Å². The molecule has 0 atom stereocenters. The molecule has 6 heteroatoms. The second-order valence-corrected chi connectivity index (χ2v) is 7.02. The van der Waals surface area contributed by atoms with Crippen molar-refractivity contribution in [3.05, 3.63) is 81.1 Å². The van der Waals surface area contributed by atoms with E-state index in [1.54, 1.807) is 61.7 Å². The second-order valence-electron chi connectivity index (χ2n) is 6.18. The van der Waals surface area contributed by atoms with Gasteiger partial charge in [0.05, 0.1) is 17.7 Å². The molecule has 140 valence electrons. The monoisotopic (exact) mass is 412 g/mol. The lowest BCUT2D eigenvalue weighted by molar-refractivity contribution is 0.415. The maximum Gasteiger partial charge on any atom is 0.344 e. The van der Waals surface area contributed by atoms with Gasteiger partial charge in [0.25, 0.3) is 0 Å². The standard InChI is InChI=1S/C22H14Cl2O4/c1-27-16-8-4-13(5-9-16)20-19(12-2-6-15(25)7-3-12)17-10-14(23)11-18(24)21(17)28-22(20)26/h2-11,25H,1H3. The SMILES string of the molecule is COc1ccc(-c2c(-c3ccc(O)cc3)c3cc(Cl)cc(Cl)c3oc2=O)cc1. The summed E-state index contributed by atoms with van der Waals surface area (Å²) < 4.78 is 10.7. The highest BCUT2D eigenvalue weighted by atomic mass is 35.5. The zero-order valence-electron chi connectivity index (χ0n) is 14.7. The third kappa shape index (κ3) is 3.21. The number of halogens is 2. The molecule has 1 N–H and O–H groups in total. The molecule has 4 aromatic rings. The van der Waals surface area contributed by atoms with Crippen LogP contribution in [0.1, 0.15) is 0 Å². The Morgan fingerprint density at radius 2 is 1.50 bits per heavy atom.